The fraction of sp³-hybridized carbons (Fsp3) is 0.333. The van der Waals surface area contributed by atoms with E-state index in [4.69, 9.17) is 0 Å². The van der Waals surface area contributed by atoms with E-state index >= 15 is 0 Å². The molecule has 0 spiro atoms. The lowest BCUT2D eigenvalue weighted by Crippen LogP contribution is -2.52. The van der Waals surface area contributed by atoms with E-state index in [-0.39, 0.29) is 24.0 Å². The van der Waals surface area contributed by atoms with Gasteiger partial charge in [0.25, 0.3) is 5.91 Å². The summed E-state index contributed by atoms with van der Waals surface area (Å²) < 4.78 is 27.9. The van der Waals surface area contributed by atoms with Gasteiger partial charge in [0.05, 0.1) is 0 Å². The summed E-state index contributed by atoms with van der Waals surface area (Å²) in [6, 6.07) is 5.07. The molecule has 2 aromatic rings. The third kappa shape index (κ3) is 3.35. The Kier molecular flexibility index (Phi) is 5.33. The van der Waals surface area contributed by atoms with Crippen LogP contribution >= 0.6 is 12.4 Å². The number of nitrogens with one attached hydrogen (secondary N) is 2. The van der Waals surface area contributed by atoms with Gasteiger partial charge < -0.3 is 10.6 Å². The molecule has 0 unspecified atom stereocenters. The van der Waals surface area contributed by atoms with Crippen molar-refractivity contribution in [1.82, 2.24) is 15.1 Å². The summed E-state index contributed by atoms with van der Waals surface area (Å²) in [7, 11) is 0. The van der Waals surface area contributed by atoms with Crippen LogP contribution in [0.2, 0.25) is 0 Å². The average molecular weight is 343 g/mol. The minimum Gasteiger partial charge on any atom is -0.324 e. The second kappa shape index (κ2) is 7.06. The number of benzene rings is 1. The van der Waals surface area contributed by atoms with Gasteiger partial charge in [-0.1, -0.05) is 0 Å². The first kappa shape index (κ1) is 17.4. The smallest absolute Gasteiger partial charge is 0.252 e. The van der Waals surface area contributed by atoms with Gasteiger partial charge in [-0.15, -0.1) is 12.4 Å². The zero-order valence-corrected chi connectivity index (χ0v) is 13.1. The summed E-state index contributed by atoms with van der Waals surface area (Å²) in [5.74, 6) is -2.21. The van der Waals surface area contributed by atoms with Crippen molar-refractivity contribution in [2.45, 2.75) is 18.4 Å². The maximum absolute atomic E-state index is 13.3. The van der Waals surface area contributed by atoms with E-state index in [1.807, 2.05) is 0 Å². The molecule has 0 atom stereocenters. The van der Waals surface area contributed by atoms with Gasteiger partial charge in [-0.3, -0.25) is 9.48 Å². The number of hydrogen-bond acceptors (Lipinski definition) is 3. The summed E-state index contributed by atoms with van der Waals surface area (Å²) in [5, 5.41) is 10.1. The Balaban J connectivity index is 0.00000192. The molecule has 2 heterocycles. The van der Waals surface area contributed by atoms with Crippen LogP contribution in [0.1, 0.15) is 12.8 Å². The molecule has 0 aliphatic carbocycles. The van der Waals surface area contributed by atoms with Crippen LogP contribution in [-0.2, 0) is 10.3 Å². The Hall–Kier alpha value is -1.99. The second-order valence-corrected chi connectivity index (χ2v) is 5.32. The van der Waals surface area contributed by atoms with E-state index in [1.165, 1.54) is 6.07 Å². The Morgan fingerprint density at radius 3 is 2.61 bits per heavy atom. The third-order valence-corrected chi connectivity index (χ3v) is 3.97. The third-order valence-electron chi connectivity index (χ3n) is 3.97. The molecule has 1 saturated heterocycles. The molecule has 1 fully saturated rings. The number of aromatic nitrogens is 2. The summed E-state index contributed by atoms with van der Waals surface area (Å²) >= 11 is 0. The number of rotatable bonds is 3. The van der Waals surface area contributed by atoms with Gasteiger partial charge in [0.2, 0.25) is 0 Å². The SMILES string of the molecule is Cl.O=C(Nc1ccc(F)c(F)c1)C1(n2cccn2)CCNCC1. The van der Waals surface area contributed by atoms with Crippen molar-refractivity contribution in [3.8, 4) is 0 Å². The van der Waals surface area contributed by atoms with Crippen LogP contribution in [0, 0.1) is 11.6 Å². The van der Waals surface area contributed by atoms with Crippen LogP contribution in [0.4, 0.5) is 14.5 Å². The molecular formula is C15H17ClF2N4O. The summed E-state index contributed by atoms with van der Waals surface area (Å²) in [5.41, 5.74) is -0.589. The van der Waals surface area contributed by atoms with Crippen LogP contribution < -0.4 is 10.6 Å². The molecule has 2 N–H and O–H groups in total. The number of anilines is 1. The highest BCUT2D eigenvalue weighted by atomic mass is 35.5. The van der Waals surface area contributed by atoms with E-state index in [1.54, 1.807) is 23.1 Å². The lowest BCUT2D eigenvalue weighted by atomic mass is 9.87. The zero-order valence-electron chi connectivity index (χ0n) is 12.3. The van der Waals surface area contributed by atoms with Crippen molar-refractivity contribution in [2.75, 3.05) is 18.4 Å². The highest BCUT2D eigenvalue weighted by molar-refractivity contribution is 5.96. The van der Waals surface area contributed by atoms with Gasteiger partial charge in [0, 0.05) is 24.1 Å². The molecule has 0 bridgehead atoms. The Labute approximate surface area is 138 Å². The number of carbonyl (C=O) groups is 1. The number of carbonyl (C=O) groups excluding carboxylic acids is 1. The largest absolute Gasteiger partial charge is 0.324 e. The van der Waals surface area contributed by atoms with Crippen LogP contribution in [-0.4, -0.2) is 28.8 Å². The zero-order chi connectivity index (χ0) is 15.6. The first-order valence-corrected chi connectivity index (χ1v) is 7.09. The Bertz CT molecular complexity index is 672. The van der Waals surface area contributed by atoms with Gasteiger partial charge >= 0.3 is 0 Å². The van der Waals surface area contributed by atoms with Crippen LogP contribution in [0.3, 0.4) is 0 Å². The molecule has 1 aliphatic heterocycles. The normalized spacial score (nSPS) is 16.4. The van der Waals surface area contributed by atoms with Crippen molar-refractivity contribution < 1.29 is 13.6 Å². The number of halogens is 3. The van der Waals surface area contributed by atoms with Crippen molar-refractivity contribution in [1.29, 1.82) is 0 Å². The maximum Gasteiger partial charge on any atom is 0.252 e. The van der Waals surface area contributed by atoms with Crippen molar-refractivity contribution in [2.24, 2.45) is 0 Å². The predicted molar refractivity (Wildman–Crippen MR) is 84.5 cm³/mol. The fourth-order valence-corrected chi connectivity index (χ4v) is 2.74. The van der Waals surface area contributed by atoms with Crippen molar-refractivity contribution in [3.63, 3.8) is 0 Å². The van der Waals surface area contributed by atoms with E-state index in [2.05, 4.69) is 15.7 Å². The number of amides is 1. The molecule has 3 rings (SSSR count). The molecule has 1 amide bonds. The molecule has 8 heteroatoms. The number of piperidine rings is 1. The van der Waals surface area contributed by atoms with Crippen molar-refractivity contribution >= 4 is 24.0 Å². The Morgan fingerprint density at radius 2 is 2.00 bits per heavy atom. The molecule has 1 aliphatic rings. The first-order chi connectivity index (χ1) is 10.6. The fourth-order valence-electron chi connectivity index (χ4n) is 2.74. The topological polar surface area (TPSA) is 59.0 Å². The highest BCUT2D eigenvalue weighted by Gasteiger charge is 2.42. The van der Waals surface area contributed by atoms with Gasteiger partial charge in [-0.25, -0.2) is 8.78 Å². The van der Waals surface area contributed by atoms with E-state index in [0.717, 1.165) is 12.1 Å². The van der Waals surface area contributed by atoms with Gasteiger partial charge in [-0.2, -0.15) is 5.10 Å². The molecule has 124 valence electrons. The maximum atomic E-state index is 13.3. The van der Waals surface area contributed by atoms with Crippen LogP contribution in [0.5, 0.6) is 0 Å². The molecule has 0 radical (unpaired) electrons. The highest BCUT2D eigenvalue weighted by Crippen LogP contribution is 2.29. The molecular weight excluding hydrogens is 326 g/mol. The quantitative estimate of drug-likeness (QED) is 0.900. The minimum atomic E-state index is -0.990. The van der Waals surface area contributed by atoms with Crippen molar-refractivity contribution in [3.05, 3.63) is 48.3 Å². The van der Waals surface area contributed by atoms with Gasteiger partial charge in [0.1, 0.15) is 5.54 Å². The Morgan fingerprint density at radius 1 is 1.26 bits per heavy atom. The molecule has 23 heavy (non-hydrogen) atoms. The van der Waals surface area contributed by atoms with E-state index in [9.17, 15) is 13.6 Å². The number of nitrogens with zero attached hydrogens (tertiary/aromatic N) is 2. The van der Waals surface area contributed by atoms with Crippen LogP contribution in [0.15, 0.2) is 36.7 Å². The number of hydrogen-bond donors (Lipinski definition) is 2. The first-order valence-electron chi connectivity index (χ1n) is 7.09. The van der Waals surface area contributed by atoms with E-state index < -0.39 is 17.2 Å². The lowest BCUT2D eigenvalue weighted by Gasteiger charge is -2.36. The summed E-state index contributed by atoms with van der Waals surface area (Å²) in [6.45, 7) is 1.37. The summed E-state index contributed by atoms with van der Waals surface area (Å²) in [6.07, 6.45) is 4.51. The average Bonchev–Trinajstić information content (AvgIpc) is 3.06. The lowest BCUT2D eigenvalue weighted by molar-refractivity contribution is -0.126. The molecule has 0 saturated carbocycles. The monoisotopic (exact) mass is 342 g/mol. The molecule has 1 aromatic heterocycles. The minimum absolute atomic E-state index is 0. The molecule has 5 nitrogen and oxygen atoms in total. The predicted octanol–water partition coefficient (Wildman–Crippen LogP) is 2.30. The molecule has 1 aromatic carbocycles. The second-order valence-electron chi connectivity index (χ2n) is 5.32. The van der Waals surface area contributed by atoms with Gasteiger partial charge in [-0.05, 0) is 44.1 Å². The summed E-state index contributed by atoms with van der Waals surface area (Å²) in [4.78, 5) is 12.8. The van der Waals surface area contributed by atoms with Crippen LogP contribution in [0.25, 0.3) is 0 Å². The van der Waals surface area contributed by atoms with Gasteiger partial charge in [0.15, 0.2) is 11.6 Å². The van der Waals surface area contributed by atoms with E-state index in [0.29, 0.717) is 25.9 Å². The standard InChI is InChI=1S/C15H16F2N4O.ClH/c16-12-3-2-11(10-13(12)17)20-14(22)15(4-7-18-8-5-15)21-9-1-6-19-21;/h1-3,6,9-10,18H,4-5,7-8H2,(H,20,22);1H.